The van der Waals surface area contributed by atoms with E-state index in [1.165, 1.54) is 6.92 Å². The largest absolute Gasteiger partial charge is 0.394 e. The Balaban J connectivity index is 2.02. The van der Waals surface area contributed by atoms with Gasteiger partial charge in [-0.05, 0) is 18.9 Å². The molecule has 2 heterocycles. The molecule has 2 aliphatic heterocycles. The summed E-state index contributed by atoms with van der Waals surface area (Å²) in [4.78, 5) is 67.1. The van der Waals surface area contributed by atoms with Crippen LogP contribution in [0.5, 0.6) is 0 Å². The number of amides is 5. The first-order chi connectivity index (χ1) is 18.5. The average molecular weight is 586 g/mol. The third kappa shape index (κ3) is 7.18. The number of hydrogen-bond donors (Lipinski definition) is 6. The quantitative estimate of drug-likeness (QED) is 0.243. The van der Waals surface area contributed by atoms with Crippen molar-refractivity contribution < 1.29 is 34.2 Å². The number of halogens is 2. The molecule has 5 amide bonds. The highest BCUT2D eigenvalue weighted by molar-refractivity contribution is 6.32. The Kier molecular flexibility index (Phi) is 10.5. The molecule has 6 N–H and O–H groups in total. The molecule has 8 atom stereocenters. The minimum Gasteiger partial charge on any atom is -0.394 e. The molecular formula is C25H33Cl2N5O7. The summed E-state index contributed by atoms with van der Waals surface area (Å²) in [5, 5.41) is 28.3. The van der Waals surface area contributed by atoms with Crippen LogP contribution in [0.4, 0.5) is 0 Å². The molecule has 0 aliphatic carbocycles. The van der Waals surface area contributed by atoms with Crippen molar-refractivity contribution in [1.82, 2.24) is 26.2 Å². The Morgan fingerprint density at radius 1 is 0.949 bits per heavy atom. The third-order valence-electron chi connectivity index (χ3n) is 6.73. The molecule has 0 bridgehead atoms. The zero-order valence-electron chi connectivity index (χ0n) is 21.5. The maximum atomic E-state index is 13.5. The Hall–Kier alpha value is -2.93. The van der Waals surface area contributed by atoms with Crippen molar-refractivity contribution in [3.63, 3.8) is 0 Å². The molecule has 2 saturated heterocycles. The molecule has 12 nitrogen and oxygen atoms in total. The predicted molar refractivity (Wildman–Crippen MR) is 142 cm³/mol. The summed E-state index contributed by atoms with van der Waals surface area (Å²) >= 11 is 12.7. The molecule has 2 fully saturated rings. The van der Waals surface area contributed by atoms with Crippen LogP contribution in [0.3, 0.4) is 0 Å². The third-order valence-corrected chi connectivity index (χ3v) is 7.81. The molecule has 0 spiro atoms. The van der Waals surface area contributed by atoms with Gasteiger partial charge in [-0.15, -0.1) is 23.2 Å². The van der Waals surface area contributed by atoms with Gasteiger partial charge in [0.25, 0.3) is 0 Å². The smallest absolute Gasteiger partial charge is 0.245 e. The van der Waals surface area contributed by atoms with E-state index in [1.54, 1.807) is 37.3 Å². The number of nitrogens with one attached hydrogen (secondary N) is 4. The Bertz CT molecular complexity index is 1080. The summed E-state index contributed by atoms with van der Waals surface area (Å²) in [5.74, 6) is -3.75. The fourth-order valence-corrected chi connectivity index (χ4v) is 5.19. The summed E-state index contributed by atoms with van der Waals surface area (Å²) in [6.45, 7) is 2.05. The number of alkyl halides is 2. The number of nitrogens with zero attached hydrogens (tertiary/aromatic N) is 1. The van der Waals surface area contributed by atoms with Crippen molar-refractivity contribution in [2.45, 2.75) is 73.8 Å². The first-order valence-electron chi connectivity index (χ1n) is 12.6. The van der Waals surface area contributed by atoms with Crippen LogP contribution >= 0.6 is 23.2 Å². The molecule has 1 aromatic rings. The topological polar surface area (TPSA) is 177 Å². The summed E-state index contributed by atoms with van der Waals surface area (Å²) in [7, 11) is 0. The van der Waals surface area contributed by atoms with Gasteiger partial charge in [-0.1, -0.05) is 37.3 Å². The summed E-state index contributed by atoms with van der Waals surface area (Å²) < 4.78 is 0. The summed E-state index contributed by atoms with van der Waals surface area (Å²) in [6.07, 6.45) is -1.49. The van der Waals surface area contributed by atoms with E-state index < -0.39 is 83.2 Å². The lowest BCUT2D eigenvalue weighted by Crippen LogP contribution is -2.62. The minimum absolute atomic E-state index is 0.0835. The van der Waals surface area contributed by atoms with E-state index in [9.17, 15) is 34.2 Å². The number of fused-ring (bicyclic) bond motifs is 1. The molecule has 0 unspecified atom stereocenters. The lowest BCUT2D eigenvalue weighted by Gasteiger charge is -2.32. The van der Waals surface area contributed by atoms with E-state index in [1.807, 2.05) is 0 Å². The van der Waals surface area contributed by atoms with Gasteiger partial charge in [-0.25, -0.2) is 0 Å². The Labute approximate surface area is 235 Å². The highest BCUT2D eigenvalue weighted by Crippen LogP contribution is 2.29. The Morgan fingerprint density at radius 2 is 1.62 bits per heavy atom. The minimum atomic E-state index is -1.55. The maximum Gasteiger partial charge on any atom is 0.245 e. The zero-order valence-corrected chi connectivity index (χ0v) is 23.0. The van der Waals surface area contributed by atoms with E-state index in [-0.39, 0.29) is 19.4 Å². The van der Waals surface area contributed by atoms with Crippen LogP contribution in [0, 0.1) is 0 Å². The molecule has 0 radical (unpaired) electrons. The predicted octanol–water partition coefficient (Wildman–Crippen LogP) is -1.09. The van der Waals surface area contributed by atoms with Crippen molar-refractivity contribution in [3.05, 3.63) is 35.9 Å². The van der Waals surface area contributed by atoms with Crippen LogP contribution in [0.1, 0.15) is 38.3 Å². The van der Waals surface area contributed by atoms with Gasteiger partial charge in [0.1, 0.15) is 24.2 Å². The van der Waals surface area contributed by atoms with Crippen LogP contribution < -0.4 is 21.3 Å². The fourth-order valence-electron chi connectivity index (χ4n) is 4.57. The average Bonchev–Trinajstić information content (AvgIpc) is 3.21. The van der Waals surface area contributed by atoms with Crippen LogP contribution in [0.15, 0.2) is 30.3 Å². The second kappa shape index (κ2) is 13.4. The van der Waals surface area contributed by atoms with Gasteiger partial charge in [-0.3, -0.25) is 24.0 Å². The molecular weight excluding hydrogens is 553 g/mol. The van der Waals surface area contributed by atoms with E-state index in [0.29, 0.717) is 5.56 Å². The second-order valence-corrected chi connectivity index (χ2v) is 10.6. The second-order valence-electron chi connectivity index (χ2n) is 9.57. The lowest BCUT2D eigenvalue weighted by molar-refractivity contribution is -0.143. The zero-order chi connectivity index (χ0) is 28.9. The van der Waals surface area contributed by atoms with Crippen LogP contribution in [0.2, 0.25) is 0 Å². The van der Waals surface area contributed by atoms with Gasteiger partial charge in [0.15, 0.2) is 0 Å². The SMILES string of the molecule is CC[C@H]1NC(=O)C[C@@H](c2ccccc2)NC(=O)[C@@H](CO)NC(=O)[C@@H]([C@@H](C)O)NC(=O)[C@H]2[C@@H](Cl)[C@H](Cl)CN2C1=O. The number of hydrogen-bond acceptors (Lipinski definition) is 7. The number of aliphatic hydroxyl groups is 2. The normalized spacial score (nSPS) is 32.0. The van der Waals surface area contributed by atoms with Gasteiger partial charge in [0.05, 0.1) is 35.9 Å². The van der Waals surface area contributed by atoms with Crippen LogP contribution in [0.25, 0.3) is 0 Å². The molecule has 2 aliphatic rings. The monoisotopic (exact) mass is 585 g/mol. The first-order valence-corrected chi connectivity index (χ1v) is 13.5. The van der Waals surface area contributed by atoms with Crippen molar-refractivity contribution in [3.8, 4) is 0 Å². The molecule has 1 aromatic carbocycles. The van der Waals surface area contributed by atoms with Crippen molar-refractivity contribution in [1.29, 1.82) is 0 Å². The van der Waals surface area contributed by atoms with Gasteiger partial charge in [0.2, 0.25) is 29.5 Å². The van der Waals surface area contributed by atoms with Crippen LogP contribution in [-0.2, 0) is 24.0 Å². The lowest BCUT2D eigenvalue weighted by atomic mass is 10.0. The van der Waals surface area contributed by atoms with E-state index in [2.05, 4.69) is 21.3 Å². The number of carbonyl (C=O) groups excluding carboxylic acids is 5. The highest BCUT2D eigenvalue weighted by Gasteiger charge is 2.48. The van der Waals surface area contributed by atoms with E-state index in [4.69, 9.17) is 23.2 Å². The Morgan fingerprint density at radius 3 is 2.21 bits per heavy atom. The van der Waals surface area contributed by atoms with Crippen molar-refractivity contribution >= 4 is 52.7 Å². The number of rotatable bonds is 4. The highest BCUT2D eigenvalue weighted by atomic mass is 35.5. The molecule has 39 heavy (non-hydrogen) atoms. The van der Waals surface area contributed by atoms with E-state index in [0.717, 1.165) is 4.90 Å². The summed E-state index contributed by atoms with van der Waals surface area (Å²) in [6, 6.07) is 2.39. The maximum absolute atomic E-state index is 13.5. The van der Waals surface area contributed by atoms with Crippen molar-refractivity contribution in [2.75, 3.05) is 13.2 Å². The van der Waals surface area contributed by atoms with Gasteiger partial charge in [0, 0.05) is 6.54 Å². The molecule has 14 heteroatoms. The number of aliphatic hydroxyl groups excluding tert-OH is 2. The molecule has 0 aromatic heterocycles. The van der Waals surface area contributed by atoms with Gasteiger partial charge < -0.3 is 36.4 Å². The van der Waals surface area contributed by atoms with Gasteiger partial charge >= 0.3 is 0 Å². The molecule has 0 saturated carbocycles. The standard InChI is InChI=1S/C25H33Cl2N5O7/c1-3-15-25(39)32-10-14(26)19(27)21(32)24(38)31-20(12(2)34)23(37)30-17(11-33)22(36)29-16(9-18(35)28-15)13-7-5-4-6-8-13/h4-8,12,14-17,19-21,33-34H,3,9-11H2,1-2H3,(H,28,35)(H,29,36)(H,30,37)(H,31,38)/t12-,14-,15-,16+,17-,19+,20-,21-/m1/s1. The summed E-state index contributed by atoms with van der Waals surface area (Å²) in [5.41, 5.74) is 0.577. The van der Waals surface area contributed by atoms with Gasteiger partial charge in [-0.2, -0.15) is 0 Å². The van der Waals surface area contributed by atoms with Crippen molar-refractivity contribution in [2.24, 2.45) is 0 Å². The first kappa shape index (κ1) is 30.6. The number of carbonyl (C=O) groups is 5. The van der Waals surface area contributed by atoms with E-state index >= 15 is 0 Å². The fraction of sp³-hybridized carbons (Fsp3) is 0.560. The molecule has 214 valence electrons. The number of benzene rings is 1. The molecule has 3 rings (SSSR count). The van der Waals surface area contributed by atoms with Crippen LogP contribution in [-0.4, -0.2) is 98.8 Å².